The van der Waals surface area contributed by atoms with E-state index in [2.05, 4.69) is 20.6 Å². The van der Waals surface area contributed by atoms with E-state index in [4.69, 9.17) is 10.5 Å². The molecular weight excluding hydrogens is 538 g/mol. The molecule has 1 saturated carbocycles. The Hall–Kier alpha value is -3.34. The molecule has 218 valence electrons. The Bertz CT molecular complexity index is 1420. The Morgan fingerprint density at radius 3 is 2.59 bits per heavy atom. The Morgan fingerprint density at radius 1 is 1.10 bits per heavy atom. The van der Waals surface area contributed by atoms with E-state index >= 15 is 0 Å². The summed E-state index contributed by atoms with van der Waals surface area (Å²) in [6.45, 7) is 2.95. The van der Waals surface area contributed by atoms with Gasteiger partial charge in [0.2, 0.25) is 0 Å². The van der Waals surface area contributed by atoms with Crippen LogP contribution in [0.1, 0.15) is 74.3 Å². The van der Waals surface area contributed by atoms with Crippen molar-refractivity contribution >= 4 is 28.2 Å². The molecule has 4 bridgehead atoms. The number of fused-ring (bicyclic) bond motifs is 11. The Labute approximate surface area is 243 Å². The van der Waals surface area contributed by atoms with Gasteiger partial charge in [0, 0.05) is 22.6 Å². The van der Waals surface area contributed by atoms with Crippen LogP contribution in [0, 0.1) is 0 Å². The standard InChI is InChI=1S/C31H39N5O4S/c1-30(38)14-5-3-4-6-17-40-27-22(18-33-2)8-7-9-24(27)36-29(37)26-28(32)34-19-25(35-26)21-10-12-23(13-11-21)41(39)31(20-30)15-16-31/h7-13,19,33,38H,3-6,14-18,20H2,1-2H3,(H2,32,34)(H,36,37). The fourth-order valence-electron chi connectivity index (χ4n) is 5.55. The van der Waals surface area contributed by atoms with Gasteiger partial charge < -0.3 is 26.2 Å². The molecule has 41 heavy (non-hydrogen) atoms. The zero-order valence-electron chi connectivity index (χ0n) is 23.7. The molecule has 2 atom stereocenters. The molecule has 2 aromatic carbocycles. The molecular formula is C31H39N5O4S. The molecule has 1 amide bonds. The number of carbonyl (C=O) groups is 1. The number of carbonyl (C=O) groups excluding carboxylic acids is 1. The first-order chi connectivity index (χ1) is 19.7. The van der Waals surface area contributed by atoms with Crippen molar-refractivity contribution in [3.63, 3.8) is 0 Å². The first-order valence-electron chi connectivity index (χ1n) is 14.3. The number of hydrogen-bond donors (Lipinski definition) is 4. The van der Waals surface area contributed by atoms with Crippen molar-refractivity contribution in [2.45, 2.75) is 80.1 Å². The zero-order chi connectivity index (χ0) is 29.0. The highest BCUT2D eigenvalue weighted by molar-refractivity contribution is 7.86. The number of nitrogens with zero attached hydrogens (tertiary/aromatic N) is 2. The number of aromatic nitrogens is 2. The maximum Gasteiger partial charge on any atom is 0.278 e. The maximum absolute atomic E-state index is 13.6. The molecule has 3 aliphatic rings. The van der Waals surface area contributed by atoms with Crippen LogP contribution in [0.3, 0.4) is 0 Å². The predicted octanol–water partition coefficient (Wildman–Crippen LogP) is 4.82. The number of para-hydroxylation sites is 1. The lowest BCUT2D eigenvalue weighted by atomic mass is 9.92. The number of anilines is 2. The Balaban J connectivity index is 1.48. The van der Waals surface area contributed by atoms with E-state index < -0.39 is 22.3 Å². The van der Waals surface area contributed by atoms with Gasteiger partial charge in [0.15, 0.2) is 11.5 Å². The van der Waals surface area contributed by atoms with Crippen molar-refractivity contribution in [3.05, 3.63) is 59.9 Å². The number of amides is 1. The molecule has 0 saturated heterocycles. The molecule has 5 N–H and O–H groups in total. The number of hydrogen-bond acceptors (Lipinski definition) is 8. The number of nitrogens with one attached hydrogen (secondary N) is 2. The zero-order valence-corrected chi connectivity index (χ0v) is 24.6. The van der Waals surface area contributed by atoms with Gasteiger partial charge in [0.25, 0.3) is 5.91 Å². The number of ether oxygens (including phenoxy) is 1. The molecule has 1 aromatic heterocycles. The normalized spacial score (nSPS) is 23.0. The second-order valence-corrected chi connectivity index (χ2v) is 13.3. The van der Waals surface area contributed by atoms with E-state index in [9.17, 15) is 14.1 Å². The SMILES string of the molecule is CNCc1cccc2c1OCCCCCCC(C)(O)CC1(CC1)S(=O)c1ccc(cc1)-c1cnc(N)c(n1)C(=O)N2. The maximum atomic E-state index is 13.6. The van der Waals surface area contributed by atoms with Crippen LogP contribution < -0.4 is 21.1 Å². The van der Waals surface area contributed by atoms with Crippen molar-refractivity contribution in [1.29, 1.82) is 0 Å². The molecule has 9 nitrogen and oxygen atoms in total. The fraction of sp³-hybridized carbons (Fsp3) is 0.452. The molecule has 2 unspecified atom stereocenters. The summed E-state index contributed by atoms with van der Waals surface area (Å²) in [7, 11) is 0.621. The molecule has 3 heterocycles. The molecule has 1 aliphatic carbocycles. The minimum absolute atomic E-state index is 0.0152. The summed E-state index contributed by atoms with van der Waals surface area (Å²) in [4.78, 5) is 22.9. The number of nitrogen functional groups attached to an aromatic ring is 1. The van der Waals surface area contributed by atoms with Gasteiger partial charge in [-0.15, -0.1) is 0 Å². The van der Waals surface area contributed by atoms with E-state index in [1.165, 1.54) is 6.20 Å². The second kappa shape index (κ2) is 12.3. The van der Waals surface area contributed by atoms with Crippen LogP contribution >= 0.6 is 0 Å². The number of nitrogens with two attached hydrogens (primary N) is 1. The molecule has 2 aliphatic heterocycles. The van der Waals surface area contributed by atoms with Crippen LogP contribution in [-0.4, -0.2) is 49.2 Å². The molecule has 10 heteroatoms. The lowest BCUT2D eigenvalue weighted by Crippen LogP contribution is -2.33. The fourth-order valence-corrected chi connectivity index (χ4v) is 7.35. The van der Waals surface area contributed by atoms with E-state index in [0.29, 0.717) is 43.1 Å². The van der Waals surface area contributed by atoms with Gasteiger partial charge in [-0.3, -0.25) is 9.00 Å². The molecule has 1 fully saturated rings. The van der Waals surface area contributed by atoms with Crippen LogP contribution in [0.15, 0.2) is 53.6 Å². The lowest BCUT2D eigenvalue weighted by Gasteiger charge is -2.28. The minimum atomic E-state index is -1.24. The molecule has 6 rings (SSSR count). The number of benzene rings is 2. The summed E-state index contributed by atoms with van der Waals surface area (Å²) < 4.78 is 19.4. The topological polar surface area (TPSA) is 139 Å². The second-order valence-electron chi connectivity index (χ2n) is 11.4. The van der Waals surface area contributed by atoms with Crippen molar-refractivity contribution in [2.75, 3.05) is 24.7 Å². The van der Waals surface area contributed by atoms with Gasteiger partial charge in [-0.05, 0) is 64.3 Å². The van der Waals surface area contributed by atoms with E-state index in [0.717, 1.165) is 54.5 Å². The van der Waals surface area contributed by atoms with Gasteiger partial charge in [0.05, 0.1) is 45.3 Å². The van der Waals surface area contributed by atoms with Gasteiger partial charge in [-0.25, -0.2) is 9.97 Å². The predicted molar refractivity (Wildman–Crippen MR) is 161 cm³/mol. The summed E-state index contributed by atoms with van der Waals surface area (Å²) in [6, 6.07) is 13.0. The summed E-state index contributed by atoms with van der Waals surface area (Å²) in [5, 5.41) is 17.3. The third kappa shape index (κ3) is 6.77. The van der Waals surface area contributed by atoms with Crippen LogP contribution in [0.25, 0.3) is 11.3 Å². The van der Waals surface area contributed by atoms with Gasteiger partial charge in [-0.1, -0.05) is 43.5 Å². The largest absolute Gasteiger partial charge is 0.491 e. The van der Waals surface area contributed by atoms with E-state index in [1.54, 1.807) is 6.07 Å². The molecule has 3 aromatic rings. The summed E-state index contributed by atoms with van der Waals surface area (Å²) in [5.74, 6) is 0.155. The molecule has 0 radical (unpaired) electrons. The summed E-state index contributed by atoms with van der Waals surface area (Å²) >= 11 is 0. The third-order valence-electron chi connectivity index (χ3n) is 7.85. The average molecular weight is 578 g/mol. The van der Waals surface area contributed by atoms with Crippen LogP contribution in [0.2, 0.25) is 0 Å². The Kier molecular flexibility index (Phi) is 8.72. The van der Waals surface area contributed by atoms with Gasteiger partial charge in [0.1, 0.15) is 5.75 Å². The monoisotopic (exact) mass is 577 g/mol. The van der Waals surface area contributed by atoms with Crippen molar-refractivity contribution in [3.8, 4) is 17.0 Å². The van der Waals surface area contributed by atoms with Crippen molar-refractivity contribution in [1.82, 2.24) is 15.3 Å². The van der Waals surface area contributed by atoms with Crippen LogP contribution in [-0.2, 0) is 17.3 Å². The third-order valence-corrected chi connectivity index (χ3v) is 9.89. The van der Waals surface area contributed by atoms with Crippen molar-refractivity contribution in [2.24, 2.45) is 0 Å². The van der Waals surface area contributed by atoms with Gasteiger partial charge >= 0.3 is 0 Å². The van der Waals surface area contributed by atoms with Crippen LogP contribution in [0.5, 0.6) is 5.75 Å². The first kappa shape index (κ1) is 29.2. The molecule has 1 spiro atoms. The highest BCUT2D eigenvalue weighted by Crippen LogP contribution is 2.50. The van der Waals surface area contributed by atoms with Gasteiger partial charge in [-0.2, -0.15) is 0 Å². The Morgan fingerprint density at radius 2 is 1.85 bits per heavy atom. The highest BCUT2D eigenvalue weighted by atomic mass is 32.2. The highest BCUT2D eigenvalue weighted by Gasteiger charge is 2.52. The lowest BCUT2D eigenvalue weighted by molar-refractivity contribution is 0.0366. The summed E-state index contributed by atoms with van der Waals surface area (Å²) in [5.41, 5.74) is 7.91. The van der Waals surface area contributed by atoms with Crippen LogP contribution in [0.4, 0.5) is 11.5 Å². The van der Waals surface area contributed by atoms with E-state index in [-0.39, 0.29) is 16.3 Å². The number of aliphatic hydroxyl groups is 1. The quantitative estimate of drug-likeness (QED) is 0.340. The first-order valence-corrected chi connectivity index (χ1v) is 15.4. The van der Waals surface area contributed by atoms with E-state index in [1.807, 2.05) is 50.4 Å². The summed E-state index contributed by atoms with van der Waals surface area (Å²) in [6.07, 6.45) is 8.05. The average Bonchev–Trinajstić information content (AvgIpc) is 3.73. The number of rotatable bonds is 2. The smallest absolute Gasteiger partial charge is 0.278 e. The minimum Gasteiger partial charge on any atom is -0.491 e. The van der Waals surface area contributed by atoms with Crippen molar-refractivity contribution < 1.29 is 18.8 Å².